The Hall–Kier alpha value is -2.85. The highest BCUT2D eigenvalue weighted by Gasteiger charge is 2.30. The lowest BCUT2D eigenvalue weighted by molar-refractivity contribution is -0.134. The lowest BCUT2D eigenvalue weighted by Crippen LogP contribution is -2.33. The Kier molecular flexibility index (Phi) is 6.63. The minimum absolute atomic E-state index is 0.312. The SMILES string of the molecule is COC(=O)C=Cc1ccc2c(c1)CCC2N(CCc1c[nH]c2ccccc12)CC1CCCC1. The second kappa shape index (κ2) is 9.96. The lowest BCUT2D eigenvalue weighted by atomic mass is 10.0. The summed E-state index contributed by atoms with van der Waals surface area (Å²) in [7, 11) is 1.41. The van der Waals surface area contributed by atoms with Crippen LogP contribution in [0.5, 0.6) is 0 Å². The van der Waals surface area contributed by atoms with Crippen molar-refractivity contribution in [3.05, 3.63) is 77.0 Å². The molecule has 1 N–H and O–H groups in total. The van der Waals surface area contributed by atoms with Crippen molar-refractivity contribution in [1.29, 1.82) is 0 Å². The number of hydrogen-bond donors (Lipinski definition) is 1. The number of esters is 1. The van der Waals surface area contributed by atoms with E-state index in [4.69, 9.17) is 4.74 Å². The number of carbonyl (C=O) groups is 1. The van der Waals surface area contributed by atoms with Gasteiger partial charge in [-0.3, -0.25) is 4.90 Å². The summed E-state index contributed by atoms with van der Waals surface area (Å²) >= 11 is 0. The maximum atomic E-state index is 11.5. The number of para-hydroxylation sites is 1. The average molecular weight is 443 g/mol. The summed E-state index contributed by atoms with van der Waals surface area (Å²) in [6.07, 6.45) is 14.4. The summed E-state index contributed by atoms with van der Waals surface area (Å²) < 4.78 is 4.73. The molecule has 1 saturated carbocycles. The van der Waals surface area contributed by atoms with Crippen molar-refractivity contribution < 1.29 is 9.53 Å². The van der Waals surface area contributed by atoms with Crippen LogP contribution in [0.1, 0.15) is 60.4 Å². The zero-order chi connectivity index (χ0) is 22.6. The first-order chi connectivity index (χ1) is 16.2. The van der Waals surface area contributed by atoms with Crippen molar-refractivity contribution >= 4 is 22.9 Å². The number of carbonyl (C=O) groups excluding carboxylic acids is 1. The van der Waals surface area contributed by atoms with Crippen molar-refractivity contribution in [2.45, 2.75) is 51.0 Å². The highest BCUT2D eigenvalue weighted by atomic mass is 16.5. The molecule has 1 heterocycles. The van der Waals surface area contributed by atoms with Gasteiger partial charge in [-0.15, -0.1) is 0 Å². The van der Waals surface area contributed by atoms with Crippen molar-refractivity contribution in [3.8, 4) is 0 Å². The fraction of sp³-hybridized carbons (Fsp3) is 0.414. The number of methoxy groups -OCH3 is 1. The van der Waals surface area contributed by atoms with E-state index in [9.17, 15) is 4.79 Å². The normalized spacial score (nSPS) is 18.5. The van der Waals surface area contributed by atoms with Crippen LogP contribution in [0.3, 0.4) is 0 Å². The molecule has 0 spiro atoms. The smallest absolute Gasteiger partial charge is 0.330 e. The van der Waals surface area contributed by atoms with Gasteiger partial charge < -0.3 is 9.72 Å². The fourth-order valence-electron chi connectivity index (χ4n) is 5.83. The maximum absolute atomic E-state index is 11.5. The monoisotopic (exact) mass is 442 g/mol. The zero-order valence-corrected chi connectivity index (χ0v) is 19.6. The molecule has 0 amide bonds. The standard InChI is InChI=1S/C29H34N2O2/c1-33-29(32)15-11-21-10-13-26-23(18-21)12-14-28(26)31(20-22-6-2-3-7-22)17-16-24-19-30-27-9-5-4-8-25(24)27/h4-5,8-11,13,15,18-19,22,28,30H,2-3,6-7,12,14,16-17,20H2,1H3. The molecule has 3 aromatic rings. The van der Waals surface area contributed by atoms with E-state index in [1.54, 1.807) is 0 Å². The molecule has 4 heteroatoms. The summed E-state index contributed by atoms with van der Waals surface area (Å²) in [5, 5.41) is 1.35. The first kappa shape index (κ1) is 22.0. The lowest BCUT2D eigenvalue weighted by Gasteiger charge is -2.32. The second-order valence-corrected chi connectivity index (χ2v) is 9.62. The Morgan fingerprint density at radius 1 is 1.15 bits per heavy atom. The van der Waals surface area contributed by atoms with E-state index in [1.165, 1.54) is 79.4 Å². The van der Waals surface area contributed by atoms with E-state index in [2.05, 4.69) is 58.5 Å². The Morgan fingerprint density at radius 3 is 2.85 bits per heavy atom. The molecular formula is C29H34N2O2. The Bertz CT molecular complexity index is 1140. The van der Waals surface area contributed by atoms with E-state index >= 15 is 0 Å². The third kappa shape index (κ3) is 4.91. The summed E-state index contributed by atoms with van der Waals surface area (Å²) in [6, 6.07) is 15.8. The maximum Gasteiger partial charge on any atom is 0.330 e. The molecule has 0 saturated heterocycles. The van der Waals surface area contributed by atoms with Crippen molar-refractivity contribution in [3.63, 3.8) is 0 Å². The number of benzene rings is 2. The third-order valence-corrected chi connectivity index (χ3v) is 7.58. The number of nitrogens with zero attached hydrogens (tertiary/aromatic N) is 1. The van der Waals surface area contributed by atoms with Crippen LogP contribution in [0.2, 0.25) is 0 Å². The highest BCUT2D eigenvalue weighted by molar-refractivity contribution is 5.87. The number of H-pyrrole nitrogens is 1. The first-order valence-electron chi connectivity index (χ1n) is 12.4. The van der Waals surface area contributed by atoms with Gasteiger partial charge in [0.1, 0.15) is 0 Å². The van der Waals surface area contributed by atoms with Crippen LogP contribution < -0.4 is 0 Å². The molecule has 33 heavy (non-hydrogen) atoms. The predicted molar refractivity (Wildman–Crippen MR) is 134 cm³/mol. The second-order valence-electron chi connectivity index (χ2n) is 9.62. The van der Waals surface area contributed by atoms with E-state index in [0.717, 1.165) is 30.9 Å². The average Bonchev–Trinajstić information content (AvgIpc) is 3.60. The quantitative estimate of drug-likeness (QED) is 0.340. The minimum atomic E-state index is -0.312. The van der Waals surface area contributed by atoms with Gasteiger partial charge in [-0.05, 0) is 72.4 Å². The van der Waals surface area contributed by atoms with Gasteiger partial charge >= 0.3 is 5.97 Å². The van der Waals surface area contributed by atoms with E-state index in [0.29, 0.717) is 6.04 Å². The molecule has 1 fully saturated rings. The number of hydrogen-bond acceptors (Lipinski definition) is 3. The molecule has 1 aromatic heterocycles. The molecule has 4 nitrogen and oxygen atoms in total. The van der Waals surface area contributed by atoms with Crippen LogP contribution in [0.25, 0.3) is 17.0 Å². The summed E-state index contributed by atoms with van der Waals surface area (Å²) in [6.45, 7) is 2.29. The topological polar surface area (TPSA) is 45.3 Å². The molecule has 2 aromatic carbocycles. The van der Waals surface area contributed by atoms with Crippen LogP contribution >= 0.6 is 0 Å². The first-order valence-corrected chi connectivity index (χ1v) is 12.4. The predicted octanol–water partition coefficient (Wildman–Crippen LogP) is 6.08. The molecule has 0 radical (unpaired) electrons. The molecule has 2 aliphatic rings. The van der Waals surface area contributed by atoms with Crippen LogP contribution in [0, 0.1) is 5.92 Å². The molecule has 1 atom stereocenters. The van der Waals surface area contributed by atoms with Crippen molar-refractivity contribution in [2.24, 2.45) is 5.92 Å². The van der Waals surface area contributed by atoms with Crippen LogP contribution in [-0.2, 0) is 22.4 Å². The molecule has 1 unspecified atom stereocenters. The van der Waals surface area contributed by atoms with Gasteiger partial charge in [0, 0.05) is 42.3 Å². The van der Waals surface area contributed by atoms with Crippen molar-refractivity contribution in [1.82, 2.24) is 9.88 Å². The number of rotatable bonds is 8. The van der Waals surface area contributed by atoms with Gasteiger partial charge in [0.2, 0.25) is 0 Å². The van der Waals surface area contributed by atoms with Crippen molar-refractivity contribution in [2.75, 3.05) is 20.2 Å². The number of ether oxygens (including phenoxy) is 1. The van der Waals surface area contributed by atoms with E-state index in [1.807, 2.05) is 6.08 Å². The zero-order valence-electron chi connectivity index (χ0n) is 19.6. The third-order valence-electron chi connectivity index (χ3n) is 7.58. The van der Waals surface area contributed by atoms with Gasteiger partial charge in [0.25, 0.3) is 0 Å². The van der Waals surface area contributed by atoms with Gasteiger partial charge in [-0.2, -0.15) is 0 Å². The van der Waals surface area contributed by atoms with E-state index in [-0.39, 0.29) is 5.97 Å². The number of aryl methyl sites for hydroxylation is 1. The Labute approximate surface area is 196 Å². The molecule has 172 valence electrons. The Balaban J connectivity index is 1.35. The van der Waals surface area contributed by atoms with Gasteiger partial charge in [0.05, 0.1) is 7.11 Å². The highest BCUT2D eigenvalue weighted by Crippen LogP contribution is 2.38. The van der Waals surface area contributed by atoms with E-state index < -0.39 is 0 Å². The van der Waals surface area contributed by atoms with Gasteiger partial charge in [0.15, 0.2) is 0 Å². The van der Waals surface area contributed by atoms with Crippen LogP contribution in [-0.4, -0.2) is 36.1 Å². The summed E-state index contributed by atoms with van der Waals surface area (Å²) in [4.78, 5) is 17.7. The molecule has 0 aliphatic heterocycles. The van der Waals surface area contributed by atoms with Gasteiger partial charge in [-0.25, -0.2) is 4.79 Å². The van der Waals surface area contributed by atoms with Crippen LogP contribution in [0.4, 0.5) is 0 Å². The molecular weight excluding hydrogens is 408 g/mol. The van der Waals surface area contributed by atoms with Gasteiger partial charge in [-0.1, -0.05) is 49.2 Å². The molecule has 5 rings (SSSR count). The fourth-order valence-corrected chi connectivity index (χ4v) is 5.83. The molecule has 2 aliphatic carbocycles. The summed E-state index contributed by atoms with van der Waals surface area (Å²) in [5.41, 5.74) is 6.62. The minimum Gasteiger partial charge on any atom is -0.466 e. The number of nitrogens with one attached hydrogen (secondary N) is 1. The number of fused-ring (bicyclic) bond motifs is 2. The number of aromatic nitrogens is 1. The van der Waals surface area contributed by atoms with Crippen LogP contribution in [0.15, 0.2) is 54.7 Å². The Morgan fingerprint density at radius 2 is 2.00 bits per heavy atom. The number of aromatic amines is 1. The summed E-state index contributed by atoms with van der Waals surface area (Å²) in [5.74, 6) is 0.521. The largest absolute Gasteiger partial charge is 0.466 e. The molecule has 0 bridgehead atoms.